The number of benzene rings is 1. The van der Waals surface area contributed by atoms with E-state index in [0.717, 1.165) is 24.3 Å². The lowest BCUT2D eigenvalue weighted by molar-refractivity contribution is 0.874. The Labute approximate surface area is 106 Å². The molecule has 3 N–H and O–H groups in total. The van der Waals surface area contributed by atoms with Crippen LogP contribution < -0.4 is 10.6 Å². The van der Waals surface area contributed by atoms with Crippen LogP contribution >= 0.6 is 0 Å². The van der Waals surface area contributed by atoms with Gasteiger partial charge in [0, 0.05) is 24.8 Å². The van der Waals surface area contributed by atoms with Crippen molar-refractivity contribution in [1.29, 1.82) is 5.41 Å². The average Bonchev–Trinajstić information content (AvgIpc) is 2.82. The van der Waals surface area contributed by atoms with Crippen LogP contribution in [0.15, 0.2) is 42.7 Å². The van der Waals surface area contributed by atoms with E-state index in [4.69, 9.17) is 11.1 Å². The van der Waals surface area contributed by atoms with E-state index in [2.05, 4.69) is 34.1 Å². The quantitative estimate of drug-likeness (QED) is 0.620. The van der Waals surface area contributed by atoms with Gasteiger partial charge in [-0.15, -0.1) is 0 Å². The van der Waals surface area contributed by atoms with Crippen molar-refractivity contribution in [2.45, 2.75) is 13.1 Å². The number of nitrogens with zero attached hydrogens (tertiary/aromatic N) is 2. The van der Waals surface area contributed by atoms with Crippen LogP contribution in [0.5, 0.6) is 0 Å². The molecule has 1 aliphatic rings. The van der Waals surface area contributed by atoms with Gasteiger partial charge in [-0.2, -0.15) is 0 Å². The predicted molar refractivity (Wildman–Crippen MR) is 71.6 cm³/mol. The summed E-state index contributed by atoms with van der Waals surface area (Å²) in [6.07, 6.45) is 3.45. The molecule has 1 aromatic carbocycles. The van der Waals surface area contributed by atoms with Crippen LogP contribution in [0.2, 0.25) is 0 Å². The van der Waals surface area contributed by atoms with Gasteiger partial charge in [0.15, 0.2) is 0 Å². The van der Waals surface area contributed by atoms with E-state index in [1.54, 1.807) is 18.5 Å². The van der Waals surface area contributed by atoms with Gasteiger partial charge < -0.3 is 10.6 Å². The highest BCUT2D eigenvalue weighted by Gasteiger charge is 2.21. The SMILES string of the molecule is N=C(N)c1ccncc1N1Cc2ccccc2C1. The van der Waals surface area contributed by atoms with Gasteiger partial charge >= 0.3 is 0 Å². The third-order valence-corrected chi connectivity index (χ3v) is 3.27. The second-order valence-corrected chi connectivity index (χ2v) is 4.43. The molecule has 2 aromatic rings. The number of nitrogens with one attached hydrogen (secondary N) is 1. The number of nitrogens with two attached hydrogens (primary N) is 1. The Morgan fingerprint density at radius 2 is 1.83 bits per heavy atom. The fourth-order valence-electron chi connectivity index (χ4n) is 2.37. The molecule has 0 saturated heterocycles. The summed E-state index contributed by atoms with van der Waals surface area (Å²) in [6, 6.07) is 10.2. The minimum atomic E-state index is 0.0864. The Morgan fingerprint density at radius 3 is 2.44 bits per heavy atom. The van der Waals surface area contributed by atoms with Crippen molar-refractivity contribution in [3.8, 4) is 0 Å². The van der Waals surface area contributed by atoms with E-state index in [1.807, 2.05) is 0 Å². The molecule has 3 rings (SSSR count). The predicted octanol–water partition coefficient (Wildman–Crippen LogP) is 1.89. The van der Waals surface area contributed by atoms with Gasteiger partial charge in [-0.25, -0.2) is 0 Å². The van der Waals surface area contributed by atoms with E-state index < -0.39 is 0 Å². The molecule has 0 radical (unpaired) electrons. The molecule has 4 heteroatoms. The Bertz CT molecular complexity index is 581. The molecule has 0 amide bonds. The number of fused-ring (bicyclic) bond motifs is 1. The molecule has 1 aromatic heterocycles. The number of hydrogen-bond donors (Lipinski definition) is 2. The molecular formula is C14H14N4. The zero-order valence-corrected chi connectivity index (χ0v) is 9.93. The van der Waals surface area contributed by atoms with Crippen molar-refractivity contribution in [3.63, 3.8) is 0 Å². The topological polar surface area (TPSA) is 66.0 Å². The van der Waals surface area contributed by atoms with Crippen molar-refractivity contribution in [1.82, 2.24) is 4.98 Å². The lowest BCUT2D eigenvalue weighted by atomic mass is 10.1. The molecular weight excluding hydrogens is 224 g/mol. The lowest BCUT2D eigenvalue weighted by Crippen LogP contribution is -2.21. The molecule has 1 aliphatic heterocycles. The first-order valence-corrected chi connectivity index (χ1v) is 5.86. The zero-order chi connectivity index (χ0) is 12.5. The summed E-state index contributed by atoms with van der Waals surface area (Å²) >= 11 is 0. The molecule has 0 saturated carbocycles. The number of anilines is 1. The Morgan fingerprint density at radius 1 is 1.17 bits per heavy atom. The summed E-state index contributed by atoms with van der Waals surface area (Å²) in [4.78, 5) is 6.34. The minimum Gasteiger partial charge on any atom is -0.384 e. The maximum atomic E-state index is 7.62. The van der Waals surface area contributed by atoms with Crippen molar-refractivity contribution in [2.75, 3.05) is 4.90 Å². The standard InChI is InChI=1S/C14H14N4/c15-14(16)12-5-6-17-7-13(12)18-8-10-3-1-2-4-11(10)9-18/h1-7H,8-9H2,(H3,15,16). The highest BCUT2D eigenvalue weighted by molar-refractivity contribution is 6.00. The minimum absolute atomic E-state index is 0.0864. The summed E-state index contributed by atoms with van der Waals surface area (Å²) < 4.78 is 0. The molecule has 0 unspecified atom stereocenters. The number of aromatic nitrogens is 1. The lowest BCUT2D eigenvalue weighted by Gasteiger charge is -2.20. The zero-order valence-electron chi connectivity index (χ0n) is 9.93. The van der Waals surface area contributed by atoms with Crippen molar-refractivity contribution in [3.05, 3.63) is 59.4 Å². The maximum Gasteiger partial charge on any atom is 0.125 e. The van der Waals surface area contributed by atoms with Crippen LogP contribution in [0.4, 0.5) is 5.69 Å². The number of hydrogen-bond acceptors (Lipinski definition) is 3. The maximum absolute atomic E-state index is 7.62. The second-order valence-electron chi connectivity index (χ2n) is 4.43. The van der Waals surface area contributed by atoms with Gasteiger partial charge in [0.25, 0.3) is 0 Å². The van der Waals surface area contributed by atoms with Crippen molar-refractivity contribution < 1.29 is 0 Å². The third-order valence-electron chi connectivity index (χ3n) is 3.27. The Kier molecular flexibility index (Phi) is 2.48. The summed E-state index contributed by atoms with van der Waals surface area (Å²) in [5, 5.41) is 7.62. The first kappa shape index (κ1) is 10.8. The van der Waals surface area contributed by atoms with Gasteiger partial charge in [0.05, 0.1) is 11.9 Å². The molecule has 2 heterocycles. The van der Waals surface area contributed by atoms with E-state index >= 15 is 0 Å². The largest absolute Gasteiger partial charge is 0.384 e. The number of nitrogen functional groups attached to an aromatic ring is 1. The molecule has 90 valence electrons. The highest BCUT2D eigenvalue weighted by atomic mass is 15.2. The van der Waals surface area contributed by atoms with Crippen LogP contribution in [0.3, 0.4) is 0 Å². The smallest absolute Gasteiger partial charge is 0.125 e. The van der Waals surface area contributed by atoms with E-state index in [9.17, 15) is 0 Å². The average molecular weight is 238 g/mol. The monoisotopic (exact) mass is 238 g/mol. The first-order chi connectivity index (χ1) is 8.75. The van der Waals surface area contributed by atoms with E-state index in [1.165, 1.54) is 11.1 Å². The second kappa shape index (κ2) is 4.14. The summed E-state index contributed by atoms with van der Waals surface area (Å²) in [5.74, 6) is 0.0864. The Hall–Kier alpha value is -2.36. The summed E-state index contributed by atoms with van der Waals surface area (Å²) in [6.45, 7) is 1.70. The summed E-state index contributed by atoms with van der Waals surface area (Å²) in [5.41, 5.74) is 9.95. The molecule has 0 fully saturated rings. The van der Waals surface area contributed by atoms with Crippen LogP contribution in [-0.4, -0.2) is 10.8 Å². The van der Waals surface area contributed by atoms with Crippen LogP contribution in [0.25, 0.3) is 0 Å². The van der Waals surface area contributed by atoms with Gasteiger partial charge in [-0.05, 0) is 17.2 Å². The number of amidine groups is 1. The van der Waals surface area contributed by atoms with Gasteiger partial charge in [0.2, 0.25) is 0 Å². The normalized spacial score (nSPS) is 13.4. The molecule has 0 atom stereocenters. The van der Waals surface area contributed by atoms with Crippen LogP contribution in [0.1, 0.15) is 16.7 Å². The molecule has 18 heavy (non-hydrogen) atoms. The van der Waals surface area contributed by atoms with Crippen LogP contribution in [0, 0.1) is 5.41 Å². The molecule has 0 aliphatic carbocycles. The van der Waals surface area contributed by atoms with E-state index in [0.29, 0.717) is 0 Å². The van der Waals surface area contributed by atoms with E-state index in [-0.39, 0.29) is 5.84 Å². The first-order valence-electron chi connectivity index (χ1n) is 5.86. The van der Waals surface area contributed by atoms with Crippen molar-refractivity contribution >= 4 is 11.5 Å². The molecule has 4 nitrogen and oxygen atoms in total. The number of pyridine rings is 1. The molecule has 0 spiro atoms. The summed E-state index contributed by atoms with van der Waals surface area (Å²) in [7, 11) is 0. The number of rotatable bonds is 2. The fraction of sp³-hybridized carbons (Fsp3) is 0.143. The van der Waals surface area contributed by atoms with Crippen LogP contribution in [-0.2, 0) is 13.1 Å². The third kappa shape index (κ3) is 1.72. The molecule has 0 bridgehead atoms. The van der Waals surface area contributed by atoms with Gasteiger partial charge in [-0.3, -0.25) is 10.4 Å². The highest BCUT2D eigenvalue weighted by Crippen LogP contribution is 2.29. The fourth-order valence-corrected chi connectivity index (χ4v) is 2.37. The van der Waals surface area contributed by atoms with Crippen molar-refractivity contribution in [2.24, 2.45) is 5.73 Å². The van der Waals surface area contributed by atoms with Gasteiger partial charge in [-0.1, -0.05) is 24.3 Å². The Balaban J connectivity index is 1.98. The van der Waals surface area contributed by atoms with Gasteiger partial charge in [0.1, 0.15) is 5.84 Å².